The van der Waals surface area contributed by atoms with E-state index < -0.39 is 17.4 Å². The summed E-state index contributed by atoms with van der Waals surface area (Å²) in [6.45, 7) is 2.01. The van der Waals surface area contributed by atoms with Gasteiger partial charge in [-0.3, -0.25) is 14.2 Å². The number of hydrogen-bond acceptors (Lipinski definition) is 5. The second-order valence-corrected chi connectivity index (χ2v) is 10.5. The van der Waals surface area contributed by atoms with Crippen LogP contribution in [0.1, 0.15) is 55.6 Å². The van der Waals surface area contributed by atoms with Gasteiger partial charge in [0.1, 0.15) is 17.5 Å². The highest BCUT2D eigenvalue weighted by Gasteiger charge is 2.29. The molecule has 1 heterocycles. The van der Waals surface area contributed by atoms with Crippen molar-refractivity contribution >= 4 is 16.9 Å². The molecule has 216 valence electrons. The summed E-state index contributed by atoms with van der Waals surface area (Å²) in [4.78, 5) is 29.5. The predicted octanol–water partition coefficient (Wildman–Crippen LogP) is 5.76. The number of carbonyl (C=O) groups is 1. The van der Waals surface area contributed by atoms with Gasteiger partial charge < -0.3 is 15.2 Å². The Kier molecular flexibility index (Phi) is 9.62. The molecule has 7 nitrogen and oxygen atoms in total. The average molecular weight is 564 g/mol. The molecule has 1 aromatic heterocycles. The summed E-state index contributed by atoms with van der Waals surface area (Å²) in [5, 5.41) is 12.8. The van der Waals surface area contributed by atoms with Crippen molar-refractivity contribution in [1.29, 1.82) is 0 Å². The SMILES string of the molecule is CNC(CC(C)(Cc1ccc(F)cc1)OC)c1ccc2c(=O)n(-c3ccc(F)cc3)c(CCCCC(=O)O)nc2c1. The summed E-state index contributed by atoms with van der Waals surface area (Å²) in [6.07, 6.45) is 2.56. The van der Waals surface area contributed by atoms with E-state index in [9.17, 15) is 18.4 Å². The van der Waals surface area contributed by atoms with E-state index in [1.165, 1.54) is 41.0 Å². The van der Waals surface area contributed by atoms with Gasteiger partial charge in [-0.05, 0) is 92.9 Å². The number of methoxy groups -OCH3 is 1. The highest BCUT2D eigenvalue weighted by atomic mass is 19.1. The van der Waals surface area contributed by atoms with Crippen LogP contribution in [0.5, 0.6) is 0 Å². The van der Waals surface area contributed by atoms with Crippen molar-refractivity contribution in [3.63, 3.8) is 0 Å². The minimum Gasteiger partial charge on any atom is -0.481 e. The van der Waals surface area contributed by atoms with Crippen molar-refractivity contribution in [2.24, 2.45) is 0 Å². The number of hydrogen-bond donors (Lipinski definition) is 2. The van der Waals surface area contributed by atoms with Crippen LogP contribution in [0.25, 0.3) is 16.6 Å². The molecule has 0 saturated heterocycles. The van der Waals surface area contributed by atoms with Gasteiger partial charge in [-0.1, -0.05) is 18.2 Å². The number of aliphatic carboxylic acids is 1. The van der Waals surface area contributed by atoms with Crippen LogP contribution in [0.15, 0.2) is 71.5 Å². The Hall–Kier alpha value is -3.95. The van der Waals surface area contributed by atoms with Gasteiger partial charge in [0.15, 0.2) is 0 Å². The molecule has 0 bridgehead atoms. The molecule has 0 fully saturated rings. The summed E-state index contributed by atoms with van der Waals surface area (Å²) < 4.78 is 34.4. The van der Waals surface area contributed by atoms with E-state index in [4.69, 9.17) is 14.8 Å². The monoisotopic (exact) mass is 563 g/mol. The smallest absolute Gasteiger partial charge is 0.303 e. The number of nitrogens with zero attached hydrogens (tertiary/aromatic N) is 2. The number of unbranched alkanes of at least 4 members (excludes halogenated alkanes) is 1. The number of aromatic nitrogens is 2. The lowest BCUT2D eigenvalue weighted by molar-refractivity contribution is -0.137. The third kappa shape index (κ3) is 7.42. The first-order chi connectivity index (χ1) is 19.6. The molecule has 2 unspecified atom stereocenters. The van der Waals surface area contributed by atoms with Gasteiger partial charge in [-0.15, -0.1) is 0 Å². The van der Waals surface area contributed by atoms with Crippen LogP contribution in [0, 0.1) is 11.6 Å². The zero-order valence-corrected chi connectivity index (χ0v) is 23.5. The number of nitrogens with one attached hydrogen (secondary N) is 1. The van der Waals surface area contributed by atoms with Crippen molar-refractivity contribution in [1.82, 2.24) is 14.9 Å². The Labute approximate surface area is 237 Å². The Morgan fingerprint density at radius 3 is 2.32 bits per heavy atom. The topological polar surface area (TPSA) is 93.5 Å². The number of halogens is 2. The van der Waals surface area contributed by atoms with E-state index in [-0.39, 0.29) is 23.8 Å². The van der Waals surface area contributed by atoms with Gasteiger partial charge in [0.25, 0.3) is 5.56 Å². The number of ether oxygens (including phenoxy) is 1. The Morgan fingerprint density at radius 2 is 1.71 bits per heavy atom. The third-order valence-corrected chi connectivity index (χ3v) is 7.46. The van der Waals surface area contributed by atoms with Crippen molar-refractivity contribution in [2.45, 2.75) is 57.1 Å². The standard InChI is InChI=1S/C32H35F2N3O4/c1-32(41-3,19-21-8-11-23(33)12-9-21)20-28(35-2)22-10-17-26-27(18-22)36-29(6-4-5-7-30(38)39)37(31(26)40)25-15-13-24(34)14-16-25/h8-18,28,35H,4-7,19-20H2,1-3H3,(H,38,39). The van der Waals surface area contributed by atoms with Crippen molar-refractivity contribution in [3.05, 3.63) is 106 Å². The average Bonchev–Trinajstić information content (AvgIpc) is 2.96. The lowest BCUT2D eigenvalue weighted by Gasteiger charge is -2.33. The molecule has 0 aliphatic heterocycles. The van der Waals surface area contributed by atoms with E-state index in [0.29, 0.717) is 54.5 Å². The van der Waals surface area contributed by atoms with E-state index in [0.717, 1.165) is 11.1 Å². The van der Waals surface area contributed by atoms with Gasteiger partial charge in [-0.2, -0.15) is 0 Å². The molecule has 0 aliphatic rings. The number of rotatable bonds is 13. The number of aryl methyl sites for hydroxylation is 1. The summed E-state index contributed by atoms with van der Waals surface area (Å²) in [5.41, 5.74) is 2.06. The molecular weight excluding hydrogens is 528 g/mol. The number of carboxylic acids is 1. The lowest BCUT2D eigenvalue weighted by Crippen LogP contribution is -2.35. The molecule has 3 aromatic carbocycles. The van der Waals surface area contributed by atoms with Crippen molar-refractivity contribution < 1.29 is 23.4 Å². The van der Waals surface area contributed by atoms with Crippen LogP contribution < -0.4 is 10.9 Å². The van der Waals surface area contributed by atoms with Crippen LogP contribution in [0.4, 0.5) is 8.78 Å². The molecule has 0 radical (unpaired) electrons. The Balaban J connectivity index is 1.69. The summed E-state index contributed by atoms with van der Waals surface area (Å²) in [7, 11) is 3.52. The van der Waals surface area contributed by atoms with Crippen LogP contribution >= 0.6 is 0 Å². The van der Waals surface area contributed by atoms with Crippen LogP contribution in [-0.2, 0) is 22.4 Å². The summed E-state index contributed by atoms with van der Waals surface area (Å²) in [6, 6.07) is 17.4. The molecule has 0 spiro atoms. The van der Waals surface area contributed by atoms with Crippen LogP contribution in [0.3, 0.4) is 0 Å². The number of fused-ring (bicyclic) bond motifs is 1. The first kappa shape index (κ1) is 30.0. The molecule has 2 N–H and O–H groups in total. The maximum Gasteiger partial charge on any atom is 0.303 e. The minimum absolute atomic E-state index is 0.0263. The Bertz CT molecular complexity index is 1550. The molecule has 9 heteroatoms. The molecule has 4 aromatic rings. The molecule has 0 aliphatic carbocycles. The van der Waals surface area contributed by atoms with Gasteiger partial charge in [0.05, 0.1) is 22.2 Å². The zero-order valence-electron chi connectivity index (χ0n) is 23.5. The van der Waals surface area contributed by atoms with Gasteiger partial charge >= 0.3 is 5.97 Å². The maximum atomic E-state index is 13.7. The molecular formula is C32H35F2N3O4. The number of carboxylic acid groups (broad SMARTS) is 1. The molecule has 0 amide bonds. The van der Waals surface area contributed by atoms with E-state index >= 15 is 0 Å². The highest BCUT2D eigenvalue weighted by Crippen LogP contribution is 2.30. The fraction of sp³-hybridized carbons (Fsp3) is 0.344. The fourth-order valence-corrected chi connectivity index (χ4v) is 5.13. The minimum atomic E-state index is -0.877. The second-order valence-electron chi connectivity index (χ2n) is 10.5. The maximum absolute atomic E-state index is 13.7. The third-order valence-electron chi connectivity index (χ3n) is 7.46. The van der Waals surface area contributed by atoms with E-state index in [1.54, 1.807) is 25.3 Å². The van der Waals surface area contributed by atoms with E-state index in [2.05, 4.69) is 5.32 Å². The van der Waals surface area contributed by atoms with Crippen molar-refractivity contribution in [3.8, 4) is 5.69 Å². The largest absolute Gasteiger partial charge is 0.481 e. The molecule has 41 heavy (non-hydrogen) atoms. The van der Waals surface area contributed by atoms with Crippen LogP contribution in [0.2, 0.25) is 0 Å². The molecule has 4 rings (SSSR count). The predicted molar refractivity (Wildman–Crippen MR) is 154 cm³/mol. The number of benzene rings is 3. The van der Waals surface area contributed by atoms with Gasteiger partial charge in [-0.25, -0.2) is 13.8 Å². The first-order valence-electron chi connectivity index (χ1n) is 13.6. The quantitative estimate of drug-likeness (QED) is 0.201. The second kappa shape index (κ2) is 13.1. The van der Waals surface area contributed by atoms with Crippen molar-refractivity contribution in [2.75, 3.05) is 14.2 Å². The fourth-order valence-electron chi connectivity index (χ4n) is 5.13. The highest BCUT2D eigenvalue weighted by molar-refractivity contribution is 5.79. The normalized spacial score (nSPS) is 13.7. The first-order valence-corrected chi connectivity index (χ1v) is 13.6. The molecule has 0 saturated carbocycles. The van der Waals surface area contributed by atoms with Gasteiger partial charge in [0, 0.05) is 32.4 Å². The summed E-state index contributed by atoms with van der Waals surface area (Å²) >= 11 is 0. The summed E-state index contributed by atoms with van der Waals surface area (Å²) in [5.74, 6) is -1.10. The Morgan fingerprint density at radius 1 is 1.05 bits per heavy atom. The lowest BCUT2D eigenvalue weighted by atomic mass is 9.87. The molecule has 2 atom stereocenters. The zero-order chi connectivity index (χ0) is 29.6. The van der Waals surface area contributed by atoms with E-state index in [1.807, 2.05) is 26.1 Å². The van der Waals surface area contributed by atoms with Crippen LogP contribution in [-0.4, -0.2) is 40.4 Å². The van der Waals surface area contributed by atoms with Gasteiger partial charge in [0.2, 0.25) is 0 Å².